The van der Waals surface area contributed by atoms with Crippen molar-refractivity contribution in [1.29, 1.82) is 0 Å². The van der Waals surface area contributed by atoms with Crippen LogP contribution >= 0.6 is 0 Å². The number of rotatable bonds is 5. The first-order valence-corrected chi connectivity index (χ1v) is 7.39. The van der Waals surface area contributed by atoms with Crippen molar-refractivity contribution in [1.82, 2.24) is 25.5 Å². The summed E-state index contributed by atoms with van der Waals surface area (Å²) in [4.78, 5) is 23.8. The standard InChI is InChI=1S/C16H12F2N6O2/c17-13-6-3-11(7-14(13)18)21-15(25)8-19-16(26)10-1-4-12(5-2-10)24-9-20-22-23-24/h1-7,9H,8H2,(H,19,26)(H,21,25). The van der Waals surface area contributed by atoms with Crippen molar-refractivity contribution in [2.45, 2.75) is 0 Å². The van der Waals surface area contributed by atoms with E-state index in [1.165, 1.54) is 17.1 Å². The van der Waals surface area contributed by atoms with Crippen LogP contribution in [-0.4, -0.2) is 38.6 Å². The molecule has 1 heterocycles. The molecule has 0 aliphatic heterocycles. The molecule has 2 N–H and O–H groups in total. The molecule has 0 fully saturated rings. The van der Waals surface area contributed by atoms with Crippen LogP contribution in [0, 0.1) is 11.6 Å². The number of amides is 2. The third kappa shape index (κ3) is 4.04. The Labute approximate surface area is 145 Å². The van der Waals surface area contributed by atoms with Crippen molar-refractivity contribution in [3.05, 3.63) is 66.0 Å². The number of halogens is 2. The maximum atomic E-state index is 13.1. The second kappa shape index (κ2) is 7.47. The van der Waals surface area contributed by atoms with Crippen LogP contribution < -0.4 is 10.6 Å². The summed E-state index contributed by atoms with van der Waals surface area (Å²) < 4.78 is 27.4. The molecule has 132 valence electrons. The Bertz CT molecular complexity index is 928. The first-order chi connectivity index (χ1) is 12.5. The molecule has 0 bridgehead atoms. The third-order valence-electron chi connectivity index (χ3n) is 3.36. The van der Waals surface area contributed by atoms with Crippen molar-refractivity contribution in [2.75, 3.05) is 11.9 Å². The Balaban J connectivity index is 1.54. The van der Waals surface area contributed by atoms with E-state index in [9.17, 15) is 18.4 Å². The number of anilines is 1. The van der Waals surface area contributed by atoms with Crippen LogP contribution in [-0.2, 0) is 4.79 Å². The van der Waals surface area contributed by atoms with Crippen LogP contribution in [0.2, 0.25) is 0 Å². The van der Waals surface area contributed by atoms with E-state index in [1.54, 1.807) is 24.3 Å². The molecular formula is C16H12F2N6O2. The van der Waals surface area contributed by atoms with Crippen molar-refractivity contribution in [3.8, 4) is 5.69 Å². The Morgan fingerprint density at radius 1 is 1.04 bits per heavy atom. The average Bonchev–Trinajstić information content (AvgIpc) is 3.18. The van der Waals surface area contributed by atoms with Gasteiger partial charge in [0.25, 0.3) is 5.91 Å². The molecule has 10 heteroatoms. The van der Waals surface area contributed by atoms with Gasteiger partial charge in [-0.3, -0.25) is 9.59 Å². The largest absolute Gasteiger partial charge is 0.343 e. The molecule has 0 saturated heterocycles. The van der Waals surface area contributed by atoms with Gasteiger partial charge in [0.1, 0.15) is 6.33 Å². The minimum absolute atomic E-state index is 0.0916. The SMILES string of the molecule is O=C(CNC(=O)c1ccc(-n2cnnn2)cc1)Nc1ccc(F)c(F)c1. The van der Waals surface area contributed by atoms with E-state index in [0.717, 1.165) is 12.1 Å². The van der Waals surface area contributed by atoms with Crippen molar-refractivity contribution < 1.29 is 18.4 Å². The molecular weight excluding hydrogens is 346 g/mol. The normalized spacial score (nSPS) is 10.4. The summed E-state index contributed by atoms with van der Waals surface area (Å²) in [5.74, 6) is -3.13. The molecule has 0 radical (unpaired) electrons. The van der Waals surface area contributed by atoms with Gasteiger partial charge in [0.15, 0.2) is 11.6 Å². The fourth-order valence-electron chi connectivity index (χ4n) is 2.09. The predicted molar refractivity (Wildman–Crippen MR) is 86.5 cm³/mol. The van der Waals surface area contributed by atoms with Crippen LogP contribution in [0.4, 0.5) is 14.5 Å². The van der Waals surface area contributed by atoms with Gasteiger partial charge in [0, 0.05) is 17.3 Å². The lowest BCUT2D eigenvalue weighted by Gasteiger charge is -2.08. The molecule has 0 unspecified atom stereocenters. The predicted octanol–water partition coefficient (Wildman–Crippen LogP) is 1.31. The second-order valence-corrected chi connectivity index (χ2v) is 5.16. The zero-order valence-corrected chi connectivity index (χ0v) is 13.2. The van der Waals surface area contributed by atoms with Gasteiger partial charge in [0.2, 0.25) is 5.91 Å². The van der Waals surface area contributed by atoms with E-state index in [2.05, 4.69) is 26.2 Å². The molecule has 2 aromatic carbocycles. The number of nitrogens with one attached hydrogen (secondary N) is 2. The van der Waals surface area contributed by atoms with Gasteiger partial charge in [-0.1, -0.05) is 0 Å². The Kier molecular flexibility index (Phi) is 4.92. The fraction of sp³-hybridized carbons (Fsp3) is 0.0625. The molecule has 26 heavy (non-hydrogen) atoms. The first kappa shape index (κ1) is 17.1. The van der Waals surface area contributed by atoms with Crippen molar-refractivity contribution in [2.24, 2.45) is 0 Å². The van der Waals surface area contributed by atoms with Crippen molar-refractivity contribution in [3.63, 3.8) is 0 Å². The summed E-state index contributed by atoms with van der Waals surface area (Å²) in [7, 11) is 0. The number of carbonyl (C=O) groups is 2. The highest BCUT2D eigenvalue weighted by molar-refractivity contribution is 5.99. The minimum atomic E-state index is -1.07. The van der Waals surface area contributed by atoms with Gasteiger partial charge in [-0.05, 0) is 46.8 Å². The summed E-state index contributed by atoms with van der Waals surface area (Å²) in [6.07, 6.45) is 1.41. The fourth-order valence-corrected chi connectivity index (χ4v) is 2.09. The van der Waals surface area contributed by atoms with Gasteiger partial charge in [-0.15, -0.1) is 5.10 Å². The number of hydrogen-bond donors (Lipinski definition) is 2. The van der Waals surface area contributed by atoms with Gasteiger partial charge in [-0.25, -0.2) is 13.5 Å². The van der Waals surface area contributed by atoms with Crippen LogP contribution in [0.5, 0.6) is 0 Å². The summed E-state index contributed by atoms with van der Waals surface area (Å²) >= 11 is 0. The molecule has 0 aliphatic carbocycles. The smallest absolute Gasteiger partial charge is 0.251 e. The molecule has 0 saturated carbocycles. The lowest BCUT2D eigenvalue weighted by molar-refractivity contribution is -0.115. The van der Waals surface area contributed by atoms with Gasteiger partial charge >= 0.3 is 0 Å². The molecule has 1 aromatic heterocycles. The van der Waals surface area contributed by atoms with Gasteiger partial charge < -0.3 is 10.6 Å². The van der Waals surface area contributed by atoms with Crippen LogP contribution in [0.25, 0.3) is 5.69 Å². The monoisotopic (exact) mass is 358 g/mol. The highest BCUT2D eigenvalue weighted by Crippen LogP contribution is 2.13. The van der Waals surface area contributed by atoms with E-state index in [-0.39, 0.29) is 12.2 Å². The lowest BCUT2D eigenvalue weighted by Crippen LogP contribution is -2.32. The van der Waals surface area contributed by atoms with E-state index in [1.807, 2.05) is 0 Å². The van der Waals surface area contributed by atoms with Crippen LogP contribution in [0.15, 0.2) is 48.8 Å². The van der Waals surface area contributed by atoms with Gasteiger partial charge in [-0.2, -0.15) is 0 Å². The first-order valence-electron chi connectivity index (χ1n) is 7.39. The third-order valence-corrected chi connectivity index (χ3v) is 3.36. The highest BCUT2D eigenvalue weighted by atomic mass is 19.2. The number of nitrogens with zero attached hydrogens (tertiary/aromatic N) is 4. The molecule has 3 rings (SSSR count). The maximum absolute atomic E-state index is 13.1. The highest BCUT2D eigenvalue weighted by Gasteiger charge is 2.10. The molecule has 0 aliphatic rings. The number of carbonyl (C=O) groups excluding carboxylic acids is 2. The van der Waals surface area contributed by atoms with E-state index >= 15 is 0 Å². The lowest BCUT2D eigenvalue weighted by atomic mass is 10.2. The number of benzene rings is 2. The molecule has 3 aromatic rings. The number of aromatic nitrogens is 4. The van der Waals surface area contributed by atoms with Crippen LogP contribution in [0.3, 0.4) is 0 Å². The summed E-state index contributed by atoms with van der Waals surface area (Å²) in [6.45, 7) is -0.327. The molecule has 2 amide bonds. The topological polar surface area (TPSA) is 102 Å². The Morgan fingerprint density at radius 3 is 2.46 bits per heavy atom. The zero-order chi connectivity index (χ0) is 18.5. The quantitative estimate of drug-likeness (QED) is 0.716. The van der Waals surface area contributed by atoms with E-state index in [4.69, 9.17) is 0 Å². The molecule has 8 nitrogen and oxygen atoms in total. The summed E-state index contributed by atoms with van der Waals surface area (Å²) in [5, 5.41) is 15.5. The molecule has 0 spiro atoms. The van der Waals surface area contributed by atoms with E-state index < -0.39 is 23.4 Å². The second-order valence-electron chi connectivity index (χ2n) is 5.16. The van der Waals surface area contributed by atoms with Crippen molar-refractivity contribution >= 4 is 17.5 Å². The number of hydrogen-bond acceptors (Lipinski definition) is 5. The van der Waals surface area contributed by atoms with Crippen LogP contribution in [0.1, 0.15) is 10.4 Å². The summed E-state index contributed by atoms with van der Waals surface area (Å²) in [5.41, 5.74) is 1.10. The van der Waals surface area contributed by atoms with Gasteiger partial charge in [0.05, 0.1) is 12.2 Å². The maximum Gasteiger partial charge on any atom is 0.251 e. The van der Waals surface area contributed by atoms with E-state index in [0.29, 0.717) is 11.3 Å². The minimum Gasteiger partial charge on any atom is -0.343 e. The average molecular weight is 358 g/mol. The Morgan fingerprint density at radius 2 is 1.81 bits per heavy atom. The molecule has 0 atom stereocenters. The summed E-state index contributed by atoms with van der Waals surface area (Å²) in [6, 6.07) is 9.37. The number of tetrazole rings is 1. The zero-order valence-electron chi connectivity index (χ0n) is 13.2. The Hall–Kier alpha value is -3.69.